The van der Waals surface area contributed by atoms with Crippen LogP contribution in [-0.4, -0.2) is 59.6 Å². The van der Waals surface area contributed by atoms with E-state index >= 15 is 0 Å². The first-order chi connectivity index (χ1) is 12.9. The van der Waals surface area contributed by atoms with Crippen molar-refractivity contribution in [2.24, 2.45) is 5.92 Å². The molecule has 1 aromatic heterocycles. The molecule has 3 rings (SSSR count). The first kappa shape index (κ1) is 19.9. The fraction of sp³-hybridized carbons (Fsp3) is 0.500. The third kappa shape index (κ3) is 4.51. The molecule has 7 heteroatoms. The number of piperazine rings is 1. The Morgan fingerprint density at radius 1 is 1.33 bits per heavy atom. The third-order valence-electron chi connectivity index (χ3n) is 4.88. The van der Waals surface area contributed by atoms with Crippen LogP contribution >= 0.6 is 11.6 Å². The van der Waals surface area contributed by atoms with Crippen LogP contribution in [0.3, 0.4) is 0 Å². The summed E-state index contributed by atoms with van der Waals surface area (Å²) < 4.78 is 5.30. The number of nitrogens with zero attached hydrogens (tertiary/aromatic N) is 2. The molecule has 1 N–H and O–H groups in total. The minimum Gasteiger partial charge on any atom is -0.422 e. The van der Waals surface area contributed by atoms with Crippen molar-refractivity contribution < 1.29 is 14.3 Å². The molecule has 2 heterocycles. The van der Waals surface area contributed by atoms with Gasteiger partial charge in [-0.3, -0.25) is 9.69 Å². The molecular weight excluding hydrogens is 368 g/mol. The van der Waals surface area contributed by atoms with Crippen molar-refractivity contribution in [1.29, 1.82) is 0 Å². The quantitative estimate of drug-likeness (QED) is 0.792. The Morgan fingerprint density at radius 2 is 2.11 bits per heavy atom. The van der Waals surface area contributed by atoms with Crippen molar-refractivity contribution in [2.75, 3.05) is 32.8 Å². The Bertz CT molecular complexity index is 880. The molecule has 1 unspecified atom stereocenters. The lowest BCUT2D eigenvalue weighted by Gasteiger charge is -2.42. The van der Waals surface area contributed by atoms with Gasteiger partial charge in [-0.25, -0.2) is 4.79 Å². The van der Waals surface area contributed by atoms with Gasteiger partial charge in [-0.1, -0.05) is 25.4 Å². The van der Waals surface area contributed by atoms with Gasteiger partial charge in [0.15, 0.2) is 0 Å². The van der Waals surface area contributed by atoms with Crippen molar-refractivity contribution in [3.05, 3.63) is 45.3 Å². The van der Waals surface area contributed by atoms with E-state index in [1.807, 2.05) is 0 Å². The summed E-state index contributed by atoms with van der Waals surface area (Å²) in [6.07, 6.45) is 0.596. The van der Waals surface area contributed by atoms with Crippen LogP contribution in [0, 0.1) is 5.92 Å². The highest BCUT2D eigenvalue weighted by atomic mass is 35.5. The smallest absolute Gasteiger partial charge is 0.349 e. The number of benzene rings is 1. The number of aliphatic hydroxyl groups excluding tert-OH is 1. The van der Waals surface area contributed by atoms with Crippen LogP contribution in [0.25, 0.3) is 11.0 Å². The van der Waals surface area contributed by atoms with Gasteiger partial charge in [0.25, 0.3) is 5.91 Å². The fourth-order valence-corrected chi connectivity index (χ4v) is 3.80. The second kappa shape index (κ2) is 8.42. The van der Waals surface area contributed by atoms with E-state index in [-0.39, 0.29) is 24.1 Å². The summed E-state index contributed by atoms with van der Waals surface area (Å²) in [4.78, 5) is 29.3. The van der Waals surface area contributed by atoms with E-state index in [1.165, 1.54) is 0 Å². The van der Waals surface area contributed by atoms with Crippen molar-refractivity contribution in [3.63, 3.8) is 0 Å². The standard InChI is InChI=1S/C20H25ClN2O4/c1-13(2)11-22-6-7-23(12-16(22)5-8-24)19(25)17-10-14-9-15(21)3-4-18(14)27-20(17)26/h3-4,9-10,13,16,24H,5-8,11-12H2,1-2H3. The van der Waals surface area contributed by atoms with Crippen molar-refractivity contribution in [1.82, 2.24) is 9.80 Å². The normalized spacial score (nSPS) is 18.4. The minimum atomic E-state index is -0.641. The van der Waals surface area contributed by atoms with Crippen LogP contribution in [0.4, 0.5) is 0 Å². The average Bonchev–Trinajstić information content (AvgIpc) is 2.62. The van der Waals surface area contributed by atoms with E-state index in [9.17, 15) is 14.7 Å². The maximum absolute atomic E-state index is 13.0. The molecule has 1 aliphatic heterocycles. The molecule has 27 heavy (non-hydrogen) atoms. The van der Waals surface area contributed by atoms with Crippen LogP contribution in [0.5, 0.6) is 0 Å². The number of hydrogen-bond donors (Lipinski definition) is 1. The van der Waals surface area contributed by atoms with Crippen LogP contribution in [0.15, 0.2) is 33.5 Å². The zero-order valence-electron chi connectivity index (χ0n) is 15.7. The van der Waals surface area contributed by atoms with Crippen molar-refractivity contribution in [2.45, 2.75) is 26.3 Å². The molecule has 1 aromatic carbocycles. The lowest BCUT2D eigenvalue weighted by atomic mass is 10.0. The largest absolute Gasteiger partial charge is 0.422 e. The second-order valence-corrected chi connectivity index (χ2v) is 7.87. The topological polar surface area (TPSA) is 74.0 Å². The molecular formula is C20H25ClN2O4. The molecule has 1 fully saturated rings. The molecule has 0 spiro atoms. The summed E-state index contributed by atoms with van der Waals surface area (Å²) in [7, 11) is 0. The van der Waals surface area contributed by atoms with Crippen molar-refractivity contribution in [3.8, 4) is 0 Å². The monoisotopic (exact) mass is 392 g/mol. The summed E-state index contributed by atoms with van der Waals surface area (Å²) in [6.45, 7) is 7.04. The number of amides is 1. The van der Waals surface area contributed by atoms with Gasteiger partial charge in [0, 0.05) is 49.2 Å². The molecule has 146 valence electrons. The third-order valence-corrected chi connectivity index (χ3v) is 5.11. The lowest BCUT2D eigenvalue weighted by molar-refractivity contribution is 0.0382. The van der Waals surface area contributed by atoms with Gasteiger partial charge in [0.2, 0.25) is 0 Å². The van der Waals surface area contributed by atoms with E-state index in [2.05, 4.69) is 18.7 Å². The lowest BCUT2D eigenvalue weighted by Crippen LogP contribution is -2.56. The Morgan fingerprint density at radius 3 is 2.81 bits per heavy atom. The fourth-order valence-electron chi connectivity index (χ4n) is 3.62. The minimum absolute atomic E-state index is 0.0184. The Balaban J connectivity index is 1.84. The van der Waals surface area contributed by atoms with Gasteiger partial charge < -0.3 is 14.4 Å². The van der Waals surface area contributed by atoms with E-state index < -0.39 is 5.63 Å². The highest BCUT2D eigenvalue weighted by molar-refractivity contribution is 6.31. The van der Waals surface area contributed by atoms with E-state index in [4.69, 9.17) is 16.0 Å². The van der Waals surface area contributed by atoms with Gasteiger partial charge in [-0.05, 0) is 36.6 Å². The maximum atomic E-state index is 13.0. The van der Waals surface area contributed by atoms with Crippen LogP contribution in [0.2, 0.25) is 5.02 Å². The molecule has 0 bridgehead atoms. The molecule has 1 aliphatic rings. The summed E-state index contributed by atoms with van der Waals surface area (Å²) in [5.74, 6) is 0.170. The molecule has 0 saturated carbocycles. The highest BCUT2D eigenvalue weighted by Crippen LogP contribution is 2.21. The SMILES string of the molecule is CC(C)CN1CCN(C(=O)c2cc3cc(Cl)ccc3oc2=O)CC1CCO. The van der Waals surface area contributed by atoms with Crippen LogP contribution in [0.1, 0.15) is 30.6 Å². The summed E-state index contributed by atoms with van der Waals surface area (Å²) in [6, 6.07) is 6.57. The summed E-state index contributed by atoms with van der Waals surface area (Å²) in [5, 5.41) is 10.5. The highest BCUT2D eigenvalue weighted by Gasteiger charge is 2.31. The molecule has 1 amide bonds. The first-order valence-electron chi connectivity index (χ1n) is 9.26. The number of fused-ring (bicyclic) bond motifs is 1. The Hall–Kier alpha value is -1.89. The number of halogens is 1. The number of aliphatic hydroxyl groups is 1. The number of carbonyl (C=O) groups excluding carboxylic acids is 1. The maximum Gasteiger partial charge on any atom is 0.349 e. The Kier molecular flexibility index (Phi) is 6.19. The van der Waals surface area contributed by atoms with Crippen LogP contribution in [-0.2, 0) is 0 Å². The molecule has 0 aliphatic carbocycles. The molecule has 1 atom stereocenters. The van der Waals surface area contributed by atoms with Gasteiger partial charge in [-0.2, -0.15) is 0 Å². The zero-order valence-corrected chi connectivity index (χ0v) is 16.4. The molecule has 1 saturated heterocycles. The number of carbonyl (C=O) groups is 1. The van der Waals surface area contributed by atoms with Gasteiger partial charge in [0.05, 0.1) is 0 Å². The molecule has 2 aromatic rings. The average molecular weight is 393 g/mol. The number of hydrogen-bond acceptors (Lipinski definition) is 5. The predicted molar refractivity (Wildman–Crippen MR) is 105 cm³/mol. The zero-order chi connectivity index (χ0) is 19.6. The van der Waals surface area contributed by atoms with E-state index in [1.54, 1.807) is 29.2 Å². The van der Waals surface area contributed by atoms with E-state index in [0.29, 0.717) is 41.4 Å². The number of rotatable bonds is 5. The van der Waals surface area contributed by atoms with Gasteiger partial charge in [0.1, 0.15) is 11.1 Å². The molecule has 0 radical (unpaired) electrons. The first-order valence-corrected chi connectivity index (χ1v) is 9.64. The van der Waals surface area contributed by atoms with Gasteiger partial charge >= 0.3 is 5.63 Å². The predicted octanol–water partition coefficient (Wildman–Crippen LogP) is 2.61. The van der Waals surface area contributed by atoms with E-state index in [0.717, 1.165) is 13.1 Å². The summed E-state index contributed by atoms with van der Waals surface area (Å²) >= 11 is 6.01. The molecule has 6 nitrogen and oxygen atoms in total. The van der Waals surface area contributed by atoms with Crippen LogP contribution < -0.4 is 5.63 Å². The van der Waals surface area contributed by atoms with Crippen molar-refractivity contribution >= 4 is 28.5 Å². The van der Waals surface area contributed by atoms with Gasteiger partial charge in [-0.15, -0.1) is 0 Å². The summed E-state index contributed by atoms with van der Waals surface area (Å²) in [5.41, 5.74) is -0.219. The Labute approximate surface area is 163 Å². The second-order valence-electron chi connectivity index (χ2n) is 7.44.